The lowest BCUT2D eigenvalue weighted by atomic mass is 9.98. The third-order valence-corrected chi connectivity index (χ3v) is 6.38. The summed E-state index contributed by atoms with van der Waals surface area (Å²) in [4.78, 5) is 18.9. The Morgan fingerprint density at radius 2 is 1.81 bits per heavy atom. The van der Waals surface area contributed by atoms with E-state index in [4.69, 9.17) is 0 Å². The topological polar surface area (TPSA) is 79.7 Å². The highest BCUT2D eigenvalue weighted by Crippen LogP contribution is 2.38. The number of anilines is 1. The molecule has 164 valence electrons. The largest absolute Gasteiger partial charge is 0.357 e. The second-order valence-electron chi connectivity index (χ2n) is 9.64. The Kier molecular flexibility index (Phi) is 4.65. The first-order chi connectivity index (χ1) is 15.3. The SMILES string of the molecule is Cc1ccc(C)c2[nH]c(=O)c([C@@H](c3nnnn3C(C)(C)C)N3CCc4ccccc43)cc12. The zero-order valence-corrected chi connectivity index (χ0v) is 19.2. The minimum absolute atomic E-state index is 0.107. The number of rotatable bonds is 3. The van der Waals surface area contributed by atoms with Crippen molar-refractivity contribution in [3.8, 4) is 0 Å². The number of benzene rings is 2. The van der Waals surface area contributed by atoms with E-state index < -0.39 is 6.04 Å². The molecule has 1 atom stereocenters. The lowest BCUT2D eigenvalue weighted by Crippen LogP contribution is -2.37. The van der Waals surface area contributed by atoms with Gasteiger partial charge in [-0.3, -0.25) is 4.79 Å². The van der Waals surface area contributed by atoms with Crippen LogP contribution in [0.1, 0.15) is 54.9 Å². The number of tetrazole rings is 1. The zero-order chi connectivity index (χ0) is 22.6. The van der Waals surface area contributed by atoms with Crippen molar-refractivity contribution in [2.45, 2.75) is 52.6 Å². The Balaban J connectivity index is 1.79. The van der Waals surface area contributed by atoms with E-state index in [0.29, 0.717) is 11.4 Å². The number of nitrogens with zero attached hydrogens (tertiary/aromatic N) is 5. The fraction of sp³-hybridized carbons (Fsp3) is 0.360. The third-order valence-electron chi connectivity index (χ3n) is 6.38. The number of pyridine rings is 1. The van der Waals surface area contributed by atoms with Gasteiger partial charge in [-0.05, 0) is 80.3 Å². The van der Waals surface area contributed by atoms with Crippen molar-refractivity contribution < 1.29 is 0 Å². The summed E-state index contributed by atoms with van der Waals surface area (Å²) in [6, 6.07) is 14.1. The molecule has 0 fully saturated rings. The number of aromatic nitrogens is 5. The maximum absolute atomic E-state index is 13.5. The first-order valence-corrected chi connectivity index (χ1v) is 11.0. The van der Waals surface area contributed by atoms with E-state index in [1.54, 1.807) is 0 Å². The smallest absolute Gasteiger partial charge is 0.254 e. The summed E-state index contributed by atoms with van der Waals surface area (Å²) >= 11 is 0. The molecule has 0 unspecified atom stereocenters. The number of hydrogen-bond acceptors (Lipinski definition) is 5. The van der Waals surface area contributed by atoms with Gasteiger partial charge in [0.25, 0.3) is 5.56 Å². The monoisotopic (exact) mass is 428 g/mol. The highest BCUT2D eigenvalue weighted by Gasteiger charge is 2.36. The first kappa shape index (κ1) is 20.4. The lowest BCUT2D eigenvalue weighted by Gasteiger charge is -2.32. The van der Waals surface area contributed by atoms with Gasteiger partial charge in [0.15, 0.2) is 5.82 Å². The van der Waals surface area contributed by atoms with Crippen molar-refractivity contribution in [3.63, 3.8) is 0 Å². The minimum atomic E-state index is -0.402. The average molecular weight is 429 g/mol. The standard InChI is InChI=1S/C25H28N6O/c1-15-10-11-16(2)21-18(15)14-19(24(32)26-21)22(23-27-28-29-31(23)25(3,4)5)30-13-12-17-8-6-7-9-20(17)30/h6-11,14,22H,12-13H2,1-5H3,(H,26,32)/t22-/m0/s1. The summed E-state index contributed by atoms with van der Waals surface area (Å²) in [6.45, 7) is 11.1. The molecule has 5 rings (SSSR count). The summed E-state index contributed by atoms with van der Waals surface area (Å²) < 4.78 is 1.84. The van der Waals surface area contributed by atoms with Gasteiger partial charge in [-0.25, -0.2) is 4.68 Å². The molecule has 0 saturated heterocycles. The molecule has 4 aromatic rings. The maximum Gasteiger partial charge on any atom is 0.254 e. The average Bonchev–Trinajstić information content (AvgIpc) is 3.40. The number of hydrogen-bond donors (Lipinski definition) is 1. The molecule has 2 aromatic carbocycles. The number of fused-ring (bicyclic) bond motifs is 2. The zero-order valence-electron chi connectivity index (χ0n) is 19.2. The van der Waals surface area contributed by atoms with E-state index in [0.717, 1.165) is 40.7 Å². The molecular formula is C25H28N6O. The van der Waals surface area contributed by atoms with Crippen LogP contribution in [0.25, 0.3) is 10.9 Å². The molecule has 0 saturated carbocycles. The van der Waals surface area contributed by atoms with Crippen LogP contribution >= 0.6 is 0 Å². The van der Waals surface area contributed by atoms with Crippen LogP contribution in [0, 0.1) is 13.8 Å². The predicted molar refractivity (Wildman–Crippen MR) is 126 cm³/mol. The molecule has 0 bridgehead atoms. The third kappa shape index (κ3) is 3.20. The van der Waals surface area contributed by atoms with Crippen LogP contribution in [-0.2, 0) is 12.0 Å². The van der Waals surface area contributed by atoms with Crippen LogP contribution in [0.2, 0.25) is 0 Å². The molecule has 1 N–H and O–H groups in total. The van der Waals surface area contributed by atoms with E-state index in [1.807, 2.05) is 29.8 Å². The second-order valence-corrected chi connectivity index (χ2v) is 9.64. The number of H-pyrrole nitrogens is 1. The van der Waals surface area contributed by atoms with Crippen LogP contribution < -0.4 is 10.5 Å². The summed E-state index contributed by atoms with van der Waals surface area (Å²) in [6.07, 6.45) is 0.924. The van der Waals surface area contributed by atoms with Crippen molar-refractivity contribution in [1.29, 1.82) is 0 Å². The van der Waals surface area contributed by atoms with Crippen LogP contribution in [0.4, 0.5) is 5.69 Å². The summed E-state index contributed by atoms with van der Waals surface area (Å²) in [5.41, 5.74) is 5.68. The van der Waals surface area contributed by atoms with Gasteiger partial charge in [0, 0.05) is 23.2 Å². The van der Waals surface area contributed by atoms with E-state index in [9.17, 15) is 4.79 Å². The van der Waals surface area contributed by atoms with Crippen LogP contribution in [0.3, 0.4) is 0 Å². The Hall–Kier alpha value is -3.48. The molecule has 7 heteroatoms. The van der Waals surface area contributed by atoms with E-state index >= 15 is 0 Å². The van der Waals surface area contributed by atoms with Gasteiger partial charge in [0.05, 0.1) is 11.1 Å². The Morgan fingerprint density at radius 3 is 2.59 bits per heavy atom. The van der Waals surface area contributed by atoms with Gasteiger partial charge in [0.1, 0.15) is 6.04 Å². The first-order valence-electron chi connectivity index (χ1n) is 11.0. The maximum atomic E-state index is 13.5. The van der Waals surface area contributed by atoms with Crippen molar-refractivity contribution in [1.82, 2.24) is 25.2 Å². The fourth-order valence-corrected chi connectivity index (χ4v) is 4.72. The molecular weight excluding hydrogens is 400 g/mol. The van der Waals surface area contributed by atoms with Crippen LogP contribution in [0.5, 0.6) is 0 Å². The molecule has 1 aliphatic rings. The quantitative estimate of drug-likeness (QED) is 0.533. The normalized spacial score (nSPS) is 14.7. The van der Waals surface area contributed by atoms with Crippen molar-refractivity contribution >= 4 is 16.6 Å². The Morgan fingerprint density at radius 1 is 1.06 bits per heavy atom. The summed E-state index contributed by atoms with van der Waals surface area (Å²) in [5, 5.41) is 13.8. The molecule has 1 aliphatic heterocycles. The van der Waals surface area contributed by atoms with Gasteiger partial charge in [-0.2, -0.15) is 0 Å². The molecule has 32 heavy (non-hydrogen) atoms. The van der Waals surface area contributed by atoms with Gasteiger partial charge in [-0.15, -0.1) is 5.10 Å². The minimum Gasteiger partial charge on any atom is -0.357 e. The molecule has 7 nitrogen and oxygen atoms in total. The number of nitrogens with one attached hydrogen (secondary N) is 1. The van der Waals surface area contributed by atoms with Crippen molar-refractivity contribution in [3.05, 3.63) is 80.9 Å². The van der Waals surface area contributed by atoms with Crippen molar-refractivity contribution in [2.24, 2.45) is 0 Å². The molecule has 0 amide bonds. The number of aryl methyl sites for hydroxylation is 2. The number of para-hydroxylation sites is 1. The highest BCUT2D eigenvalue weighted by molar-refractivity contribution is 5.85. The molecule has 3 heterocycles. The van der Waals surface area contributed by atoms with E-state index in [-0.39, 0.29) is 11.1 Å². The molecule has 2 aromatic heterocycles. The van der Waals surface area contributed by atoms with Gasteiger partial charge in [-0.1, -0.05) is 30.3 Å². The fourth-order valence-electron chi connectivity index (χ4n) is 4.72. The van der Waals surface area contributed by atoms with Gasteiger partial charge < -0.3 is 9.88 Å². The Labute approximate surface area is 187 Å². The molecule has 0 radical (unpaired) electrons. The van der Waals surface area contributed by atoms with E-state index in [2.05, 4.69) is 77.4 Å². The predicted octanol–water partition coefficient (Wildman–Crippen LogP) is 4.04. The van der Waals surface area contributed by atoms with Gasteiger partial charge in [0.2, 0.25) is 0 Å². The number of aromatic amines is 1. The summed E-state index contributed by atoms with van der Waals surface area (Å²) in [5.74, 6) is 0.671. The van der Waals surface area contributed by atoms with E-state index in [1.165, 1.54) is 5.56 Å². The van der Waals surface area contributed by atoms with Crippen LogP contribution in [-0.4, -0.2) is 31.7 Å². The highest BCUT2D eigenvalue weighted by atomic mass is 16.1. The molecule has 0 aliphatic carbocycles. The lowest BCUT2D eigenvalue weighted by molar-refractivity contribution is 0.329. The molecule has 0 spiro atoms. The van der Waals surface area contributed by atoms with Crippen molar-refractivity contribution in [2.75, 3.05) is 11.4 Å². The Bertz CT molecular complexity index is 1380. The second kappa shape index (κ2) is 7.29. The van der Waals surface area contributed by atoms with Crippen LogP contribution in [0.15, 0.2) is 47.3 Å². The van der Waals surface area contributed by atoms with Gasteiger partial charge >= 0.3 is 0 Å². The summed E-state index contributed by atoms with van der Waals surface area (Å²) in [7, 11) is 0.